The standard InChI is InChI=1S/C4H5N5/c1-2-4-6-7-8-9(4)3-5/h2H2,1H3. The van der Waals surface area contributed by atoms with Crippen molar-refractivity contribution in [2.45, 2.75) is 13.3 Å². The molecule has 1 heterocycles. The number of nitriles is 1. The predicted molar refractivity (Wildman–Crippen MR) is 28.2 cm³/mol. The quantitative estimate of drug-likeness (QED) is 0.508. The Morgan fingerprint density at radius 3 is 3.00 bits per heavy atom. The molecule has 5 nitrogen and oxygen atoms in total. The lowest BCUT2D eigenvalue weighted by atomic mass is 10.5. The summed E-state index contributed by atoms with van der Waals surface area (Å²) in [5, 5.41) is 18.6. The lowest BCUT2D eigenvalue weighted by Crippen LogP contribution is -1.96. The normalized spacial score (nSPS) is 8.89. The highest BCUT2D eigenvalue weighted by Crippen LogP contribution is 1.87. The van der Waals surface area contributed by atoms with E-state index in [2.05, 4.69) is 15.5 Å². The Labute approximate surface area is 51.9 Å². The topological polar surface area (TPSA) is 67.4 Å². The van der Waals surface area contributed by atoms with E-state index in [-0.39, 0.29) is 0 Å². The number of hydrogen-bond acceptors (Lipinski definition) is 4. The molecule has 0 aromatic carbocycles. The van der Waals surface area contributed by atoms with Gasteiger partial charge in [-0.05, 0) is 10.4 Å². The van der Waals surface area contributed by atoms with Gasteiger partial charge in [-0.1, -0.05) is 6.92 Å². The molecule has 0 saturated carbocycles. The van der Waals surface area contributed by atoms with E-state index in [1.807, 2.05) is 13.1 Å². The van der Waals surface area contributed by atoms with E-state index < -0.39 is 0 Å². The van der Waals surface area contributed by atoms with Crippen molar-refractivity contribution < 1.29 is 0 Å². The molecular formula is C4H5N5. The Balaban J connectivity index is 3.02. The van der Waals surface area contributed by atoms with Crippen LogP contribution in [0.15, 0.2) is 0 Å². The van der Waals surface area contributed by atoms with Crippen molar-refractivity contribution in [3.63, 3.8) is 0 Å². The van der Waals surface area contributed by atoms with E-state index >= 15 is 0 Å². The summed E-state index contributed by atoms with van der Waals surface area (Å²) < 4.78 is 1.10. The first-order valence-corrected chi connectivity index (χ1v) is 2.56. The van der Waals surface area contributed by atoms with Gasteiger partial charge in [-0.15, -0.1) is 9.78 Å². The summed E-state index contributed by atoms with van der Waals surface area (Å²) in [5.41, 5.74) is 0. The number of aryl methyl sites for hydroxylation is 1. The zero-order chi connectivity index (χ0) is 6.69. The molecule has 0 saturated heterocycles. The molecule has 0 atom stereocenters. The number of rotatable bonds is 1. The second kappa shape index (κ2) is 2.22. The van der Waals surface area contributed by atoms with Crippen LogP contribution in [0.1, 0.15) is 12.7 Å². The summed E-state index contributed by atoms with van der Waals surface area (Å²) in [7, 11) is 0. The van der Waals surface area contributed by atoms with Gasteiger partial charge >= 0.3 is 0 Å². The summed E-state index contributed by atoms with van der Waals surface area (Å²) in [5.74, 6) is 0.595. The van der Waals surface area contributed by atoms with E-state index in [1.165, 1.54) is 0 Å². The molecular weight excluding hydrogens is 118 g/mol. The summed E-state index contributed by atoms with van der Waals surface area (Å²) >= 11 is 0. The van der Waals surface area contributed by atoms with E-state index in [4.69, 9.17) is 5.26 Å². The number of hydrogen-bond donors (Lipinski definition) is 0. The molecule has 0 aliphatic carbocycles. The molecule has 1 rings (SSSR count). The maximum Gasteiger partial charge on any atom is 0.209 e. The highest BCUT2D eigenvalue weighted by atomic mass is 15.5. The minimum absolute atomic E-state index is 0.595. The van der Waals surface area contributed by atoms with E-state index in [9.17, 15) is 0 Å². The molecule has 0 spiro atoms. The molecule has 0 radical (unpaired) electrons. The van der Waals surface area contributed by atoms with Gasteiger partial charge in [0, 0.05) is 6.42 Å². The van der Waals surface area contributed by atoms with Crippen LogP contribution in [0, 0.1) is 11.5 Å². The SMILES string of the molecule is CCc1nnnn1C#N. The van der Waals surface area contributed by atoms with Crippen molar-refractivity contribution in [1.29, 1.82) is 5.26 Å². The molecule has 0 N–H and O–H groups in total. The van der Waals surface area contributed by atoms with E-state index in [0.29, 0.717) is 12.2 Å². The minimum atomic E-state index is 0.595. The van der Waals surface area contributed by atoms with Crippen molar-refractivity contribution in [3.05, 3.63) is 5.82 Å². The lowest BCUT2D eigenvalue weighted by Gasteiger charge is -1.84. The molecule has 0 aliphatic heterocycles. The third kappa shape index (κ3) is 0.865. The summed E-state index contributed by atoms with van der Waals surface area (Å²) in [6, 6.07) is 0. The van der Waals surface area contributed by atoms with Crippen molar-refractivity contribution in [2.24, 2.45) is 0 Å². The van der Waals surface area contributed by atoms with Crippen molar-refractivity contribution >= 4 is 0 Å². The molecule has 0 amide bonds. The first-order valence-electron chi connectivity index (χ1n) is 2.56. The highest BCUT2D eigenvalue weighted by molar-refractivity contribution is 4.87. The fourth-order valence-corrected chi connectivity index (χ4v) is 0.504. The Hall–Kier alpha value is -1.44. The van der Waals surface area contributed by atoms with Crippen LogP contribution in [0.25, 0.3) is 0 Å². The summed E-state index contributed by atoms with van der Waals surface area (Å²) in [4.78, 5) is 0. The monoisotopic (exact) mass is 123 g/mol. The Bertz CT molecular complexity index is 231. The average Bonchev–Trinajstić information content (AvgIpc) is 2.33. The molecule has 0 aliphatic rings. The Kier molecular flexibility index (Phi) is 1.40. The zero-order valence-electron chi connectivity index (χ0n) is 4.94. The lowest BCUT2D eigenvalue weighted by molar-refractivity contribution is 0.778. The number of nitrogens with zero attached hydrogens (tertiary/aromatic N) is 5. The maximum absolute atomic E-state index is 8.31. The fraction of sp³-hybridized carbons (Fsp3) is 0.500. The first-order chi connectivity index (χ1) is 4.38. The first kappa shape index (κ1) is 5.69. The van der Waals surface area contributed by atoms with Gasteiger partial charge in [0.2, 0.25) is 6.19 Å². The molecule has 0 bridgehead atoms. The zero-order valence-corrected chi connectivity index (χ0v) is 4.94. The Morgan fingerprint density at radius 2 is 2.56 bits per heavy atom. The van der Waals surface area contributed by atoms with Crippen LogP contribution < -0.4 is 0 Å². The third-order valence-corrected chi connectivity index (χ3v) is 0.945. The molecule has 0 fully saturated rings. The van der Waals surface area contributed by atoms with Gasteiger partial charge < -0.3 is 0 Å². The van der Waals surface area contributed by atoms with Gasteiger partial charge in [-0.25, -0.2) is 0 Å². The molecule has 0 unspecified atom stereocenters. The molecule has 46 valence electrons. The van der Waals surface area contributed by atoms with Crippen LogP contribution in [0.2, 0.25) is 0 Å². The van der Waals surface area contributed by atoms with E-state index in [1.54, 1.807) is 0 Å². The van der Waals surface area contributed by atoms with Crippen LogP contribution in [0.5, 0.6) is 0 Å². The van der Waals surface area contributed by atoms with Gasteiger partial charge in [-0.2, -0.15) is 5.26 Å². The third-order valence-electron chi connectivity index (χ3n) is 0.945. The van der Waals surface area contributed by atoms with Crippen molar-refractivity contribution in [3.8, 4) is 6.19 Å². The predicted octanol–water partition coefficient (Wildman–Crippen LogP) is -0.435. The molecule has 1 aromatic heterocycles. The van der Waals surface area contributed by atoms with Crippen LogP contribution in [0.3, 0.4) is 0 Å². The maximum atomic E-state index is 8.31. The van der Waals surface area contributed by atoms with Gasteiger partial charge in [-0.3, -0.25) is 0 Å². The van der Waals surface area contributed by atoms with Crippen LogP contribution >= 0.6 is 0 Å². The van der Waals surface area contributed by atoms with Gasteiger partial charge in [0.15, 0.2) is 5.82 Å². The number of aromatic nitrogens is 4. The molecule has 1 aromatic rings. The average molecular weight is 123 g/mol. The second-order valence-corrected chi connectivity index (χ2v) is 1.46. The van der Waals surface area contributed by atoms with Crippen molar-refractivity contribution in [1.82, 2.24) is 20.2 Å². The van der Waals surface area contributed by atoms with Crippen LogP contribution in [0.4, 0.5) is 0 Å². The Morgan fingerprint density at radius 1 is 1.78 bits per heavy atom. The van der Waals surface area contributed by atoms with Gasteiger partial charge in [0.05, 0.1) is 0 Å². The highest BCUT2D eigenvalue weighted by Gasteiger charge is 1.98. The van der Waals surface area contributed by atoms with Gasteiger partial charge in [0.25, 0.3) is 0 Å². The second-order valence-electron chi connectivity index (χ2n) is 1.46. The largest absolute Gasteiger partial charge is 0.209 e. The molecule has 9 heavy (non-hydrogen) atoms. The summed E-state index contributed by atoms with van der Waals surface area (Å²) in [6.07, 6.45) is 2.49. The van der Waals surface area contributed by atoms with Crippen LogP contribution in [-0.4, -0.2) is 20.2 Å². The van der Waals surface area contributed by atoms with Gasteiger partial charge in [0.1, 0.15) is 0 Å². The van der Waals surface area contributed by atoms with Crippen molar-refractivity contribution in [2.75, 3.05) is 0 Å². The molecule has 5 heteroatoms. The number of tetrazole rings is 1. The summed E-state index contributed by atoms with van der Waals surface area (Å²) in [6.45, 7) is 1.89. The smallest absolute Gasteiger partial charge is 0.170 e. The fourth-order valence-electron chi connectivity index (χ4n) is 0.504. The minimum Gasteiger partial charge on any atom is -0.170 e. The van der Waals surface area contributed by atoms with E-state index in [0.717, 1.165) is 4.68 Å². The van der Waals surface area contributed by atoms with Crippen LogP contribution in [-0.2, 0) is 6.42 Å².